The van der Waals surface area contributed by atoms with E-state index in [1.165, 1.54) is 29.7 Å². The maximum Gasteiger partial charge on any atom is 0.0649 e. The molecule has 1 aromatic carbocycles. The smallest absolute Gasteiger partial charge is 0.0649 e. The lowest BCUT2D eigenvalue weighted by molar-refractivity contribution is 0.804. The van der Waals surface area contributed by atoms with Crippen molar-refractivity contribution in [1.29, 1.82) is 0 Å². The molecule has 0 bridgehead atoms. The van der Waals surface area contributed by atoms with E-state index in [0.717, 1.165) is 5.69 Å². The second kappa shape index (κ2) is 4.19. The number of nitrogens with zero attached hydrogens (tertiary/aromatic N) is 2. The minimum Gasteiger partial charge on any atom is -0.237 e. The fraction of sp³-hybridized carbons (Fsp3) is 0.357. The molecule has 0 radical (unpaired) electrons. The third kappa shape index (κ3) is 1.98. The Hall–Kier alpha value is -1.28. The molecule has 88 valence electrons. The normalized spacial score (nSPS) is 15.2. The van der Waals surface area contributed by atoms with E-state index >= 15 is 0 Å². The van der Waals surface area contributed by atoms with Crippen molar-refractivity contribution in [1.82, 2.24) is 9.78 Å². The van der Waals surface area contributed by atoms with Crippen LogP contribution in [-0.4, -0.2) is 9.78 Å². The molecule has 1 aliphatic carbocycles. The van der Waals surface area contributed by atoms with Gasteiger partial charge in [-0.05, 0) is 31.9 Å². The number of aryl methyl sites for hydroxylation is 1. The molecule has 2 aromatic rings. The zero-order valence-electron chi connectivity index (χ0n) is 9.86. The first-order valence-electron chi connectivity index (χ1n) is 5.99. The van der Waals surface area contributed by atoms with Crippen LogP contribution in [0.15, 0.2) is 30.5 Å². The largest absolute Gasteiger partial charge is 0.237 e. The summed E-state index contributed by atoms with van der Waals surface area (Å²) in [5.74, 6) is 1.21. The lowest BCUT2D eigenvalue weighted by Gasteiger charge is -2.08. The van der Waals surface area contributed by atoms with Crippen molar-refractivity contribution in [3.05, 3.63) is 47.3 Å². The highest BCUT2D eigenvalue weighted by molar-refractivity contribution is 6.17. The minimum atomic E-state index is 0.553. The molecule has 0 saturated heterocycles. The van der Waals surface area contributed by atoms with Gasteiger partial charge in [-0.1, -0.05) is 17.7 Å². The highest BCUT2D eigenvalue weighted by atomic mass is 35.5. The van der Waals surface area contributed by atoms with Crippen LogP contribution < -0.4 is 0 Å². The van der Waals surface area contributed by atoms with Gasteiger partial charge >= 0.3 is 0 Å². The molecule has 3 rings (SSSR count). The van der Waals surface area contributed by atoms with Crippen LogP contribution in [0.2, 0.25) is 0 Å². The number of aromatic nitrogens is 2. The highest BCUT2D eigenvalue weighted by Gasteiger charge is 2.30. The summed E-state index contributed by atoms with van der Waals surface area (Å²) in [6.45, 7) is 2.10. The molecule has 2 nitrogen and oxygen atoms in total. The van der Waals surface area contributed by atoms with Gasteiger partial charge in [0.25, 0.3) is 0 Å². The van der Waals surface area contributed by atoms with Crippen molar-refractivity contribution in [3.8, 4) is 5.69 Å². The number of hydrogen-bond donors (Lipinski definition) is 0. The summed E-state index contributed by atoms with van der Waals surface area (Å²) in [6, 6.07) is 8.47. The molecule has 0 aliphatic heterocycles. The summed E-state index contributed by atoms with van der Waals surface area (Å²) >= 11 is 5.98. The standard InChI is InChI=1S/C14H15ClN2/c1-10-2-6-13(7-3-10)17-14(11-4-5-11)12(8-15)9-16-17/h2-3,6-7,9,11H,4-5,8H2,1H3. The van der Waals surface area contributed by atoms with Crippen LogP contribution in [0.4, 0.5) is 0 Å². The van der Waals surface area contributed by atoms with E-state index in [-0.39, 0.29) is 0 Å². The number of alkyl halides is 1. The lowest BCUT2D eigenvalue weighted by atomic mass is 10.2. The Morgan fingerprint density at radius 1 is 1.29 bits per heavy atom. The average molecular weight is 247 g/mol. The van der Waals surface area contributed by atoms with Crippen molar-refractivity contribution in [2.75, 3.05) is 0 Å². The van der Waals surface area contributed by atoms with E-state index in [1.807, 2.05) is 6.20 Å². The molecule has 1 fully saturated rings. The molecule has 3 heteroatoms. The molecular weight excluding hydrogens is 232 g/mol. The zero-order chi connectivity index (χ0) is 11.8. The van der Waals surface area contributed by atoms with Gasteiger partial charge in [0.05, 0.1) is 23.5 Å². The Bertz CT molecular complexity index is 524. The molecule has 17 heavy (non-hydrogen) atoms. The van der Waals surface area contributed by atoms with Gasteiger partial charge in [-0.2, -0.15) is 5.10 Å². The summed E-state index contributed by atoms with van der Waals surface area (Å²) < 4.78 is 2.05. The van der Waals surface area contributed by atoms with Gasteiger partial charge in [0.15, 0.2) is 0 Å². The molecule has 0 spiro atoms. The molecule has 0 atom stereocenters. The van der Waals surface area contributed by atoms with Crippen LogP contribution in [-0.2, 0) is 5.88 Å². The van der Waals surface area contributed by atoms with Gasteiger partial charge in [0, 0.05) is 11.5 Å². The van der Waals surface area contributed by atoms with Crippen LogP contribution in [0, 0.1) is 6.92 Å². The molecule has 1 heterocycles. The molecule has 1 saturated carbocycles. The fourth-order valence-corrected chi connectivity index (χ4v) is 2.38. The van der Waals surface area contributed by atoms with Crippen LogP contribution >= 0.6 is 11.6 Å². The topological polar surface area (TPSA) is 17.8 Å². The molecule has 1 aliphatic rings. The quantitative estimate of drug-likeness (QED) is 0.754. The maximum absolute atomic E-state index is 5.98. The first-order valence-corrected chi connectivity index (χ1v) is 6.53. The second-order valence-electron chi connectivity index (χ2n) is 4.71. The van der Waals surface area contributed by atoms with Crippen LogP contribution in [0.25, 0.3) is 5.69 Å². The van der Waals surface area contributed by atoms with Crippen LogP contribution in [0.5, 0.6) is 0 Å². The van der Waals surface area contributed by atoms with Gasteiger partial charge < -0.3 is 0 Å². The Morgan fingerprint density at radius 3 is 2.59 bits per heavy atom. The van der Waals surface area contributed by atoms with E-state index < -0.39 is 0 Å². The molecule has 0 amide bonds. The monoisotopic (exact) mass is 246 g/mol. The summed E-state index contributed by atoms with van der Waals surface area (Å²) in [5.41, 5.74) is 4.89. The summed E-state index contributed by atoms with van der Waals surface area (Å²) in [6.07, 6.45) is 4.43. The first kappa shape index (κ1) is 10.8. The highest BCUT2D eigenvalue weighted by Crippen LogP contribution is 2.42. The average Bonchev–Trinajstić information content (AvgIpc) is 3.10. The number of rotatable bonds is 3. The third-order valence-corrected chi connectivity index (χ3v) is 3.56. The van der Waals surface area contributed by atoms with E-state index in [0.29, 0.717) is 11.8 Å². The van der Waals surface area contributed by atoms with Gasteiger partial charge in [0.2, 0.25) is 0 Å². The van der Waals surface area contributed by atoms with Crippen molar-refractivity contribution in [2.45, 2.75) is 31.6 Å². The fourth-order valence-electron chi connectivity index (χ4n) is 2.18. The number of halogens is 1. The number of hydrogen-bond acceptors (Lipinski definition) is 1. The van der Waals surface area contributed by atoms with Gasteiger partial charge in [0.1, 0.15) is 0 Å². The lowest BCUT2D eigenvalue weighted by Crippen LogP contribution is -2.02. The Morgan fingerprint density at radius 2 is 2.00 bits per heavy atom. The summed E-state index contributed by atoms with van der Waals surface area (Å²) in [5, 5.41) is 4.48. The van der Waals surface area contributed by atoms with Crippen LogP contribution in [0.3, 0.4) is 0 Å². The SMILES string of the molecule is Cc1ccc(-n2ncc(CCl)c2C2CC2)cc1. The van der Waals surface area contributed by atoms with Crippen molar-refractivity contribution < 1.29 is 0 Å². The van der Waals surface area contributed by atoms with E-state index in [2.05, 4.69) is 41.0 Å². The second-order valence-corrected chi connectivity index (χ2v) is 4.98. The van der Waals surface area contributed by atoms with Crippen LogP contribution in [0.1, 0.15) is 35.6 Å². The summed E-state index contributed by atoms with van der Waals surface area (Å²) in [4.78, 5) is 0. The van der Waals surface area contributed by atoms with E-state index in [9.17, 15) is 0 Å². The zero-order valence-corrected chi connectivity index (χ0v) is 10.6. The van der Waals surface area contributed by atoms with Crippen molar-refractivity contribution in [2.24, 2.45) is 0 Å². The maximum atomic E-state index is 5.98. The van der Waals surface area contributed by atoms with Gasteiger partial charge in [-0.15, -0.1) is 11.6 Å². The predicted octanol–water partition coefficient (Wildman–Crippen LogP) is 3.80. The van der Waals surface area contributed by atoms with Gasteiger partial charge in [-0.3, -0.25) is 0 Å². The van der Waals surface area contributed by atoms with Crippen molar-refractivity contribution in [3.63, 3.8) is 0 Å². The molecule has 0 unspecified atom stereocenters. The van der Waals surface area contributed by atoms with E-state index in [4.69, 9.17) is 11.6 Å². The number of benzene rings is 1. The Labute approximate surface area is 106 Å². The molecule has 0 N–H and O–H groups in total. The van der Waals surface area contributed by atoms with Gasteiger partial charge in [-0.25, -0.2) is 4.68 Å². The Balaban J connectivity index is 2.07. The Kier molecular flexibility index (Phi) is 2.67. The van der Waals surface area contributed by atoms with Crippen molar-refractivity contribution >= 4 is 11.6 Å². The van der Waals surface area contributed by atoms with E-state index in [1.54, 1.807) is 0 Å². The molecular formula is C14H15ClN2. The third-order valence-electron chi connectivity index (χ3n) is 3.27. The predicted molar refractivity (Wildman–Crippen MR) is 69.8 cm³/mol. The molecule has 1 aromatic heterocycles. The first-order chi connectivity index (χ1) is 8.29. The minimum absolute atomic E-state index is 0.553. The summed E-state index contributed by atoms with van der Waals surface area (Å²) in [7, 11) is 0.